The fourth-order valence-electron chi connectivity index (χ4n) is 2.54. The summed E-state index contributed by atoms with van der Waals surface area (Å²) in [6, 6.07) is 12.6. The van der Waals surface area contributed by atoms with Crippen LogP contribution in [-0.4, -0.2) is 23.3 Å². The highest BCUT2D eigenvalue weighted by molar-refractivity contribution is 6.41. The minimum Gasteiger partial charge on any atom is -0.399 e. The van der Waals surface area contributed by atoms with Crippen LogP contribution in [0.4, 0.5) is 11.4 Å². The van der Waals surface area contributed by atoms with Gasteiger partial charge in [0.25, 0.3) is 0 Å². The molecular formula is C18H17ClN4O2. The summed E-state index contributed by atoms with van der Waals surface area (Å²) in [5, 5.41) is 6.45. The Hall–Kier alpha value is -2.99. The third-order valence-electron chi connectivity index (χ3n) is 3.80. The van der Waals surface area contributed by atoms with Crippen molar-refractivity contribution in [3.05, 3.63) is 59.2 Å². The van der Waals surface area contributed by atoms with Gasteiger partial charge in [0.15, 0.2) is 0 Å². The van der Waals surface area contributed by atoms with Gasteiger partial charge in [0, 0.05) is 29.3 Å². The van der Waals surface area contributed by atoms with Gasteiger partial charge in [-0.3, -0.25) is 9.59 Å². The number of H-pyrrole nitrogens is 1. The topological polar surface area (TPSA) is 100 Å². The van der Waals surface area contributed by atoms with Gasteiger partial charge in [-0.05, 0) is 36.2 Å². The van der Waals surface area contributed by atoms with Crippen molar-refractivity contribution in [1.29, 1.82) is 0 Å². The van der Waals surface area contributed by atoms with Crippen LogP contribution in [0.3, 0.4) is 0 Å². The minimum atomic E-state index is -0.773. The summed E-state index contributed by atoms with van der Waals surface area (Å²) in [5.74, 6) is -1.49. The number of para-hydroxylation sites is 1. The number of hydrogen-bond donors (Lipinski definition) is 4. The van der Waals surface area contributed by atoms with E-state index in [1.165, 1.54) is 6.07 Å². The fourth-order valence-corrected chi connectivity index (χ4v) is 2.78. The number of nitrogens with one attached hydrogen (secondary N) is 3. The molecule has 0 saturated carbocycles. The Morgan fingerprint density at radius 2 is 1.92 bits per heavy atom. The predicted octanol–water partition coefficient (Wildman–Crippen LogP) is 2.70. The van der Waals surface area contributed by atoms with E-state index >= 15 is 0 Å². The van der Waals surface area contributed by atoms with E-state index in [0.29, 0.717) is 24.3 Å². The average Bonchev–Trinajstić information content (AvgIpc) is 3.00. The molecule has 0 fully saturated rings. The zero-order valence-corrected chi connectivity index (χ0v) is 14.1. The van der Waals surface area contributed by atoms with E-state index < -0.39 is 11.8 Å². The van der Waals surface area contributed by atoms with Crippen molar-refractivity contribution >= 4 is 45.7 Å². The predicted molar refractivity (Wildman–Crippen MR) is 99.5 cm³/mol. The first-order chi connectivity index (χ1) is 12.0. The zero-order chi connectivity index (χ0) is 17.8. The lowest BCUT2D eigenvalue weighted by molar-refractivity contribution is -0.136. The summed E-state index contributed by atoms with van der Waals surface area (Å²) in [6.07, 6.45) is 2.52. The van der Waals surface area contributed by atoms with Crippen LogP contribution in [0, 0.1) is 0 Å². The molecule has 6 nitrogen and oxygen atoms in total. The summed E-state index contributed by atoms with van der Waals surface area (Å²) in [6.45, 7) is 0.351. The molecule has 0 spiro atoms. The van der Waals surface area contributed by atoms with Crippen LogP contribution in [0.15, 0.2) is 48.7 Å². The van der Waals surface area contributed by atoms with Gasteiger partial charge in [-0.15, -0.1) is 0 Å². The maximum atomic E-state index is 11.9. The number of aromatic nitrogens is 1. The Labute approximate surface area is 149 Å². The molecule has 0 bridgehead atoms. The normalized spacial score (nSPS) is 10.6. The van der Waals surface area contributed by atoms with E-state index in [0.717, 1.165) is 16.5 Å². The van der Waals surface area contributed by atoms with E-state index in [-0.39, 0.29) is 5.02 Å². The molecule has 7 heteroatoms. The largest absolute Gasteiger partial charge is 0.399 e. The maximum absolute atomic E-state index is 11.9. The Kier molecular flexibility index (Phi) is 4.90. The Balaban J connectivity index is 1.54. The third kappa shape index (κ3) is 3.92. The van der Waals surface area contributed by atoms with Crippen LogP contribution in [0.2, 0.25) is 5.02 Å². The number of amides is 2. The molecule has 0 atom stereocenters. The van der Waals surface area contributed by atoms with Crippen molar-refractivity contribution in [1.82, 2.24) is 10.3 Å². The molecule has 2 aromatic carbocycles. The standard InChI is InChI=1S/C18H17ClN4O2/c19-14-9-12(20)5-6-16(14)23-18(25)17(24)21-8-7-11-10-22-15-4-2-1-3-13(11)15/h1-6,9-10,22H,7-8,20H2,(H,21,24)(H,23,25). The van der Waals surface area contributed by atoms with Gasteiger partial charge in [0.1, 0.15) is 0 Å². The number of nitrogens with two attached hydrogens (primary N) is 1. The molecule has 1 aromatic heterocycles. The molecule has 5 N–H and O–H groups in total. The number of carbonyl (C=O) groups is 2. The first kappa shape index (κ1) is 16.9. The van der Waals surface area contributed by atoms with E-state index in [2.05, 4.69) is 15.6 Å². The van der Waals surface area contributed by atoms with Gasteiger partial charge in [-0.25, -0.2) is 0 Å². The molecule has 25 heavy (non-hydrogen) atoms. The van der Waals surface area contributed by atoms with Crippen molar-refractivity contribution in [3.8, 4) is 0 Å². The second-order valence-corrected chi connectivity index (χ2v) is 5.97. The first-order valence-electron chi connectivity index (χ1n) is 7.74. The van der Waals surface area contributed by atoms with Gasteiger partial charge >= 0.3 is 11.8 Å². The zero-order valence-electron chi connectivity index (χ0n) is 13.3. The van der Waals surface area contributed by atoms with Crippen LogP contribution in [0.1, 0.15) is 5.56 Å². The summed E-state index contributed by atoms with van der Waals surface area (Å²) in [5.41, 5.74) is 8.53. The van der Waals surface area contributed by atoms with Crippen molar-refractivity contribution < 1.29 is 9.59 Å². The summed E-state index contributed by atoms with van der Waals surface area (Å²) in [4.78, 5) is 27.0. The molecule has 0 aliphatic heterocycles. The lowest BCUT2D eigenvalue weighted by Crippen LogP contribution is -2.36. The van der Waals surface area contributed by atoms with Crippen LogP contribution in [0.25, 0.3) is 10.9 Å². The first-order valence-corrected chi connectivity index (χ1v) is 8.11. The average molecular weight is 357 g/mol. The smallest absolute Gasteiger partial charge is 0.313 e. The van der Waals surface area contributed by atoms with Gasteiger partial charge in [0.05, 0.1) is 10.7 Å². The number of nitrogen functional groups attached to an aromatic ring is 1. The highest BCUT2D eigenvalue weighted by Gasteiger charge is 2.15. The monoisotopic (exact) mass is 356 g/mol. The number of halogens is 1. The molecule has 2 amide bonds. The third-order valence-corrected chi connectivity index (χ3v) is 4.12. The highest BCUT2D eigenvalue weighted by Crippen LogP contribution is 2.23. The molecule has 128 valence electrons. The number of anilines is 2. The summed E-state index contributed by atoms with van der Waals surface area (Å²) in [7, 11) is 0. The molecule has 0 unspecified atom stereocenters. The second-order valence-electron chi connectivity index (χ2n) is 5.56. The number of benzene rings is 2. The quantitative estimate of drug-likeness (QED) is 0.427. The van der Waals surface area contributed by atoms with Crippen molar-refractivity contribution in [3.63, 3.8) is 0 Å². The Bertz CT molecular complexity index is 936. The Morgan fingerprint density at radius 1 is 1.12 bits per heavy atom. The van der Waals surface area contributed by atoms with Crippen molar-refractivity contribution in [2.24, 2.45) is 0 Å². The van der Waals surface area contributed by atoms with E-state index in [1.54, 1.807) is 12.1 Å². The molecule has 3 rings (SSSR count). The van der Waals surface area contributed by atoms with E-state index in [9.17, 15) is 9.59 Å². The van der Waals surface area contributed by atoms with E-state index in [4.69, 9.17) is 17.3 Å². The van der Waals surface area contributed by atoms with Crippen LogP contribution >= 0.6 is 11.6 Å². The second kappa shape index (κ2) is 7.27. The van der Waals surface area contributed by atoms with Gasteiger partial charge < -0.3 is 21.4 Å². The highest BCUT2D eigenvalue weighted by atomic mass is 35.5. The lowest BCUT2D eigenvalue weighted by atomic mass is 10.1. The molecule has 0 aliphatic carbocycles. The summed E-state index contributed by atoms with van der Waals surface area (Å²) < 4.78 is 0. The SMILES string of the molecule is Nc1ccc(NC(=O)C(=O)NCCc2c[nH]c3ccccc23)c(Cl)c1. The van der Waals surface area contributed by atoms with Gasteiger partial charge in [-0.2, -0.15) is 0 Å². The van der Waals surface area contributed by atoms with E-state index in [1.807, 2.05) is 30.5 Å². The number of hydrogen-bond acceptors (Lipinski definition) is 3. The van der Waals surface area contributed by atoms with Crippen LogP contribution in [-0.2, 0) is 16.0 Å². The molecule has 3 aromatic rings. The number of rotatable bonds is 4. The molecule has 0 aliphatic rings. The van der Waals surface area contributed by atoms with Crippen LogP contribution < -0.4 is 16.4 Å². The number of carbonyl (C=O) groups excluding carboxylic acids is 2. The van der Waals surface area contributed by atoms with Crippen LogP contribution in [0.5, 0.6) is 0 Å². The molecular weight excluding hydrogens is 340 g/mol. The minimum absolute atomic E-state index is 0.278. The lowest BCUT2D eigenvalue weighted by Gasteiger charge is -2.08. The number of fused-ring (bicyclic) bond motifs is 1. The van der Waals surface area contributed by atoms with Gasteiger partial charge in [-0.1, -0.05) is 29.8 Å². The van der Waals surface area contributed by atoms with Gasteiger partial charge in [0.2, 0.25) is 0 Å². The molecule has 0 radical (unpaired) electrons. The number of aromatic amines is 1. The summed E-state index contributed by atoms with van der Waals surface area (Å²) >= 11 is 5.98. The molecule has 1 heterocycles. The van der Waals surface area contributed by atoms with Crippen molar-refractivity contribution in [2.75, 3.05) is 17.6 Å². The molecule has 0 saturated heterocycles. The maximum Gasteiger partial charge on any atom is 0.313 e. The Morgan fingerprint density at radius 3 is 2.72 bits per heavy atom. The van der Waals surface area contributed by atoms with Crippen molar-refractivity contribution in [2.45, 2.75) is 6.42 Å². The fraction of sp³-hybridized carbons (Fsp3) is 0.111.